The van der Waals surface area contributed by atoms with Gasteiger partial charge in [-0.05, 0) is 75.6 Å². The molecule has 3 aromatic rings. The van der Waals surface area contributed by atoms with E-state index in [1.165, 1.54) is 4.31 Å². The number of hydrogen-bond acceptors (Lipinski definition) is 7. The fourth-order valence-corrected chi connectivity index (χ4v) is 6.93. The molecule has 0 saturated carbocycles. The number of piperidine rings is 1. The van der Waals surface area contributed by atoms with Gasteiger partial charge in [-0.25, -0.2) is 13.4 Å². The fourth-order valence-electron chi connectivity index (χ4n) is 5.44. The number of ether oxygens (including phenoxy) is 2. The van der Waals surface area contributed by atoms with Crippen molar-refractivity contribution in [3.8, 4) is 17.1 Å². The van der Waals surface area contributed by atoms with Crippen molar-refractivity contribution >= 4 is 27.0 Å². The van der Waals surface area contributed by atoms with Crippen molar-refractivity contribution in [2.45, 2.75) is 84.1 Å². The third-order valence-corrected chi connectivity index (χ3v) is 9.49. The van der Waals surface area contributed by atoms with Crippen LogP contribution in [0.5, 0.6) is 5.75 Å². The van der Waals surface area contributed by atoms with Crippen LogP contribution in [-0.4, -0.2) is 59.5 Å². The SMILES string of the molecule is CCCOc1ccc(S(=O)(=O)N2CCC(CCC(=O)OCC)CC2)cc1-c1nc2c(CCC)cn(CC)c2c(=O)[nH]1. The van der Waals surface area contributed by atoms with Gasteiger partial charge in [-0.1, -0.05) is 20.3 Å². The van der Waals surface area contributed by atoms with Gasteiger partial charge in [0.05, 0.1) is 29.2 Å². The van der Waals surface area contributed by atoms with Gasteiger partial charge in [0.25, 0.3) is 5.56 Å². The van der Waals surface area contributed by atoms with Gasteiger partial charge < -0.3 is 19.0 Å². The molecule has 4 rings (SSSR count). The van der Waals surface area contributed by atoms with Gasteiger partial charge >= 0.3 is 5.97 Å². The highest BCUT2D eigenvalue weighted by Crippen LogP contribution is 2.34. The lowest BCUT2D eigenvalue weighted by molar-refractivity contribution is -0.143. The molecule has 1 fully saturated rings. The van der Waals surface area contributed by atoms with E-state index in [9.17, 15) is 18.0 Å². The quantitative estimate of drug-likeness (QED) is 0.283. The number of H-pyrrole nitrogens is 1. The van der Waals surface area contributed by atoms with E-state index >= 15 is 0 Å². The summed E-state index contributed by atoms with van der Waals surface area (Å²) in [6.45, 7) is 10.0. The summed E-state index contributed by atoms with van der Waals surface area (Å²) in [4.78, 5) is 32.9. The Balaban J connectivity index is 1.66. The van der Waals surface area contributed by atoms with Crippen molar-refractivity contribution in [1.29, 1.82) is 0 Å². The van der Waals surface area contributed by atoms with Crippen molar-refractivity contribution in [3.63, 3.8) is 0 Å². The Hall–Kier alpha value is -3.18. The largest absolute Gasteiger partial charge is 0.493 e. The molecular weight excluding hydrogens is 544 g/mol. The number of nitrogens with zero attached hydrogens (tertiary/aromatic N) is 3. The van der Waals surface area contributed by atoms with Crippen LogP contribution in [0.2, 0.25) is 0 Å². The summed E-state index contributed by atoms with van der Waals surface area (Å²) < 4.78 is 41.9. The maximum atomic E-state index is 13.7. The molecule has 3 heterocycles. The van der Waals surface area contributed by atoms with E-state index in [2.05, 4.69) is 11.9 Å². The number of fused-ring (bicyclic) bond motifs is 1. The zero-order chi connectivity index (χ0) is 29.6. The number of sulfonamides is 1. The molecule has 0 bridgehead atoms. The molecule has 0 spiro atoms. The lowest BCUT2D eigenvalue weighted by Gasteiger charge is -2.31. The van der Waals surface area contributed by atoms with Crippen LogP contribution in [0.3, 0.4) is 0 Å². The molecule has 1 aliphatic heterocycles. The second-order valence-electron chi connectivity index (χ2n) is 10.5. The minimum absolute atomic E-state index is 0.129. The molecule has 1 aromatic carbocycles. The fraction of sp³-hybridized carbons (Fsp3) is 0.567. The maximum absolute atomic E-state index is 13.7. The second-order valence-corrected chi connectivity index (χ2v) is 12.4. The first-order chi connectivity index (χ1) is 19.7. The third-order valence-electron chi connectivity index (χ3n) is 7.60. The minimum atomic E-state index is -3.80. The number of carbonyl (C=O) groups is 1. The highest BCUT2D eigenvalue weighted by atomic mass is 32.2. The van der Waals surface area contributed by atoms with Crippen LogP contribution in [0.15, 0.2) is 34.1 Å². The lowest BCUT2D eigenvalue weighted by atomic mass is 9.93. The van der Waals surface area contributed by atoms with E-state index in [1.54, 1.807) is 25.1 Å². The number of nitrogens with one attached hydrogen (secondary N) is 1. The summed E-state index contributed by atoms with van der Waals surface area (Å²) >= 11 is 0. The number of aromatic amines is 1. The van der Waals surface area contributed by atoms with Crippen LogP contribution in [0.25, 0.3) is 22.4 Å². The molecule has 1 aliphatic rings. The lowest BCUT2D eigenvalue weighted by Crippen LogP contribution is -2.38. The minimum Gasteiger partial charge on any atom is -0.493 e. The van der Waals surface area contributed by atoms with Gasteiger partial charge in [0, 0.05) is 32.3 Å². The van der Waals surface area contributed by atoms with Crippen molar-refractivity contribution in [1.82, 2.24) is 18.8 Å². The van der Waals surface area contributed by atoms with Gasteiger partial charge in [-0.2, -0.15) is 4.31 Å². The molecule has 0 unspecified atom stereocenters. The van der Waals surface area contributed by atoms with E-state index in [4.69, 9.17) is 14.5 Å². The molecule has 11 heteroatoms. The molecule has 224 valence electrons. The first-order valence-corrected chi connectivity index (χ1v) is 16.2. The second kappa shape index (κ2) is 13.7. The Morgan fingerprint density at radius 2 is 1.88 bits per heavy atom. The number of aromatic nitrogens is 3. The first-order valence-electron chi connectivity index (χ1n) is 14.8. The van der Waals surface area contributed by atoms with Crippen LogP contribution in [0.4, 0.5) is 0 Å². The third kappa shape index (κ3) is 6.83. The topological polar surface area (TPSA) is 124 Å². The Labute approximate surface area is 242 Å². The zero-order valence-electron chi connectivity index (χ0n) is 24.6. The maximum Gasteiger partial charge on any atom is 0.305 e. The number of benzene rings is 1. The average Bonchev–Trinajstić information content (AvgIpc) is 3.33. The van der Waals surface area contributed by atoms with E-state index in [0.717, 1.165) is 24.8 Å². The van der Waals surface area contributed by atoms with Crippen LogP contribution in [-0.2, 0) is 32.5 Å². The predicted molar refractivity (Wildman–Crippen MR) is 159 cm³/mol. The Morgan fingerprint density at radius 1 is 1.12 bits per heavy atom. The van der Waals surface area contributed by atoms with Crippen molar-refractivity contribution in [2.75, 3.05) is 26.3 Å². The highest BCUT2D eigenvalue weighted by molar-refractivity contribution is 7.89. The molecule has 0 atom stereocenters. The molecule has 0 aliphatic carbocycles. The molecule has 1 N–H and O–H groups in total. The summed E-state index contributed by atoms with van der Waals surface area (Å²) in [5.41, 5.74) is 2.31. The van der Waals surface area contributed by atoms with Crippen LogP contribution in [0.1, 0.15) is 71.8 Å². The van der Waals surface area contributed by atoms with Crippen LogP contribution >= 0.6 is 0 Å². The number of esters is 1. The Kier molecular flexibility index (Phi) is 10.2. The Bertz CT molecular complexity index is 1520. The van der Waals surface area contributed by atoms with Gasteiger partial charge in [0.15, 0.2) is 0 Å². The van der Waals surface area contributed by atoms with E-state index in [1.807, 2.05) is 24.6 Å². The van der Waals surface area contributed by atoms with E-state index in [-0.39, 0.29) is 28.2 Å². The molecule has 0 radical (unpaired) electrons. The molecule has 0 amide bonds. The summed E-state index contributed by atoms with van der Waals surface area (Å²) in [7, 11) is -3.80. The smallest absolute Gasteiger partial charge is 0.305 e. The van der Waals surface area contributed by atoms with E-state index in [0.29, 0.717) is 80.9 Å². The van der Waals surface area contributed by atoms with Crippen molar-refractivity contribution in [3.05, 3.63) is 40.3 Å². The van der Waals surface area contributed by atoms with Crippen LogP contribution in [0, 0.1) is 5.92 Å². The van der Waals surface area contributed by atoms with Crippen LogP contribution < -0.4 is 10.3 Å². The zero-order valence-corrected chi connectivity index (χ0v) is 25.4. The summed E-state index contributed by atoms with van der Waals surface area (Å²) in [5.74, 6) is 0.825. The number of aryl methyl sites for hydroxylation is 2. The number of rotatable bonds is 13. The summed E-state index contributed by atoms with van der Waals surface area (Å²) in [6, 6.07) is 4.77. The molecule has 41 heavy (non-hydrogen) atoms. The molecule has 10 nitrogen and oxygen atoms in total. The average molecular weight is 587 g/mol. The van der Waals surface area contributed by atoms with E-state index < -0.39 is 10.0 Å². The number of hydrogen-bond donors (Lipinski definition) is 1. The molecular formula is C30H42N4O6S. The van der Waals surface area contributed by atoms with Gasteiger partial charge in [0.2, 0.25) is 10.0 Å². The van der Waals surface area contributed by atoms with Crippen molar-refractivity contribution < 1.29 is 22.7 Å². The normalized spacial score (nSPS) is 14.9. The van der Waals surface area contributed by atoms with Gasteiger partial charge in [-0.3, -0.25) is 9.59 Å². The monoisotopic (exact) mass is 586 g/mol. The van der Waals surface area contributed by atoms with Crippen molar-refractivity contribution in [2.24, 2.45) is 5.92 Å². The molecule has 1 saturated heterocycles. The molecule has 2 aromatic heterocycles. The Morgan fingerprint density at radius 3 is 2.54 bits per heavy atom. The van der Waals surface area contributed by atoms with Gasteiger partial charge in [-0.15, -0.1) is 0 Å². The number of carbonyl (C=O) groups excluding carboxylic acids is 1. The summed E-state index contributed by atoms with van der Waals surface area (Å²) in [6.07, 6.45) is 6.85. The highest BCUT2D eigenvalue weighted by Gasteiger charge is 2.31. The standard InChI is InChI=1S/C30H42N4O6S/c1-5-9-22-20-33(7-3)28-27(22)31-29(32-30(28)36)24-19-23(11-12-25(24)40-18-6-2)41(37,38)34-16-14-21(15-17-34)10-13-26(35)39-8-4/h11-12,19-21H,5-10,13-18H2,1-4H3,(H,31,32,36). The summed E-state index contributed by atoms with van der Waals surface area (Å²) in [5, 5.41) is 0. The van der Waals surface area contributed by atoms with Gasteiger partial charge in [0.1, 0.15) is 17.1 Å². The predicted octanol–water partition coefficient (Wildman–Crippen LogP) is 4.90. The first kappa shape index (κ1) is 30.8.